The average Bonchev–Trinajstić information content (AvgIpc) is 2.03. The van der Waals surface area contributed by atoms with Crippen molar-refractivity contribution in [2.75, 3.05) is 0 Å². The van der Waals surface area contributed by atoms with Gasteiger partial charge >= 0.3 is 0 Å². The second-order valence-corrected chi connectivity index (χ2v) is 3.77. The minimum absolute atomic E-state index is 0.0347. The summed E-state index contributed by atoms with van der Waals surface area (Å²) in [7, 11) is 0. The van der Waals surface area contributed by atoms with E-state index in [1.165, 1.54) is 0 Å². The van der Waals surface area contributed by atoms with Crippen LogP contribution in [0.25, 0.3) is 0 Å². The molecule has 0 saturated heterocycles. The minimum atomic E-state index is 0.0347. The largest absolute Gasteiger partial charge is 0.310 e. The molecule has 0 fully saturated rings. The number of hydrogen-bond donors (Lipinski definition) is 0. The number of nitrogens with zero attached hydrogens (tertiary/aromatic N) is 2. The van der Waals surface area contributed by atoms with E-state index < -0.39 is 0 Å². The standard InChI is InChI=1S/C10H16N2O/c1-7(2)9-10(13)12(8(3)4)6-5-11-9/h5-8H,1-4H3. The first-order valence-corrected chi connectivity index (χ1v) is 4.61. The van der Waals surface area contributed by atoms with Crippen LogP contribution in [0.4, 0.5) is 0 Å². The number of rotatable bonds is 2. The van der Waals surface area contributed by atoms with E-state index in [-0.39, 0.29) is 17.5 Å². The van der Waals surface area contributed by atoms with Crippen LogP contribution in [-0.4, -0.2) is 9.55 Å². The fourth-order valence-electron chi connectivity index (χ4n) is 1.24. The molecule has 1 heterocycles. The predicted molar refractivity (Wildman–Crippen MR) is 53.0 cm³/mol. The van der Waals surface area contributed by atoms with Gasteiger partial charge in [0.25, 0.3) is 5.56 Å². The molecule has 0 amide bonds. The Morgan fingerprint density at radius 1 is 1.31 bits per heavy atom. The average molecular weight is 180 g/mol. The number of hydrogen-bond acceptors (Lipinski definition) is 2. The van der Waals surface area contributed by atoms with Crippen molar-refractivity contribution in [3.05, 3.63) is 28.4 Å². The first-order chi connectivity index (χ1) is 6.04. The fourth-order valence-corrected chi connectivity index (χ4v) is 1.24. The van der Waals surface area contributed by atoms with Crippen molar-refractivity contribution >= 4 is 0 Å². The Bertz CT molecular complexity index is 310. The molecule has 0 aliphatic carbocycles. The van der Waals surface area contributed by atoms with Crippen LogP contribution in [0.3, 0.4) is 0 Å². The van der Waals surface area contributed by atoms with E-state index in [4.69, 9.17) is 0 Å². The van der Waals surface area contributed by atoms with Gasteiger partial charge in [0.05, 0.1) is 0 Å². The smallest absolute Gasteiger partial charge is 0.272 e. The van der Waals surface area contributed by atoms with Crippen LogP contribution in [0.1, 0.15) is 45.3 Å². The molecule has 0 aliphatic rings. The van der Waals surface area contributed by atoms with Crippen molar-refractivity contribution in [1.82, 2.24) is 9.55 Å². The Morgan fingerprint density at radius 2 is 1.92 bits per heavy atom. The van der Waals surface area contributed by atoms with Gasteiger partial charge < -0.3 is 4.57 Å². The summed E-state index contributed by atoms with van der Waals surface area (Å²) in [6.07, 6.45) is 3.43. The lowest BCUT2D eigenvalue weighted by atomic mass is 10.1. The summed E-state index contributed by atoms with van der Waals surface area (Å²) in [4.78, 5) is 15.8. The van der Waals surface area contributed by atoms with Crippen LogP contribution in [0.5, 0.6) is 0 Å². The number of aromatic nitrogens is 2. The van der Waals surface area contributed by atoms with Crippen LogP contribution in [-0.2, 0) is 0 Å². The molecule has 0 unspecified atom stereocenters. The molecular weight excluding hydrogens is 164 g/mol. The molecule has 13 heavy (non-hydrogen) atoms. The minimum Gasteiger partial charge on any atom is -0.310 e. The Kier molecular flexibility index (Phi) is 2.86. The molecule has 0 spiro atoms. The van der Waals surface area contributed by atoms with Gasteiger partial charge in [0.15, 0.2) is 0 Å². The highest BCUT2D eigenvalue weighted by Gasteiger charge is 2.09. The maximum atomic E-state index is 11.8. The molecule has 0 atom stereocenters. The summed E-state index contributed by atoms with van der Waals surface area (Å²) >= 11 is 0. The third-order valence-electron chi connectivity index (χ3n) is 2.00. The first kappa shape index (κ1) is 9.96. The highest BCUT2D eigenvalue weighted by atomic mass is 16.1. The summed E-state index contributed by atoms with van der Waals surface area (Å²) in [6, 6.07) is 0.202. The molecule has 0 saturated carbocycles. The van der Waals surface area contributed by atoms with Gasteiger partial charge in [0.2, 0.25) is 0 Å². The van der Waals surface area contributed by atoms with E-state index in [0.29, 0.717) is 5.69 Å². The van der Waals surface area contributed by atoms with Gasteiger partial charge in [-0.1, -0.05) is 13.8 Å². The zero-order chi connectivity index (χ0) is 10.0. The van der Waals surface area contributed by atoms with E-state index in [0.717, 1.165) is 0 Å². The maximum absolute atomic E-state index is 11.8. The van der Waals surface area contributed by atoms with Gasteiger partial charge in [0.1, 0.15) is 5.69 Å². The third kappa shape index (κ3) is 1.97. The topological polar surface area (TPSA) is 34.9 Å². The molecule has 3 heteroatoms. The molecule has 72 valence electrons. The molecule has 0 aliphatic heterocycles. The van der Waals surface area contributed by atoms with Crippen molar-refractivity contribution in [2.24, 2.45) is 0 Å². The highest BCUT2D eigenvalue weighted by molar-refractivity contribution is 5.03. The van der Waals surface area contributed by atoms with Crippen molar-refractivity contribution in [3.63, 3.8) is 0 Å². The molecule has 0 bridgehead atoms. The van der Waals surface area contributed by atoms with Crippen LogP contribution in [0, 0.1) is 0 Å². The Morgan fingerprint density at radius 3 is 2.38 bits per heavy atom. The monoisotopic (exact) mass is 180 g/mol. The molecule has 0 radical (unpaired) electrons. The lowest BCUT2D eigenvalue weighted by Gasteiger charge is -2.11. The molecule has 1 aromatic heterocycles. The molecule has 0 aromatic carbocycles. The fraction of sp³-hybridized carbons (Fsp3) is 0.600. The SMILES string of the molecule is CC(C)c1nccn(C(C)C)c1=O. The van der Waals surface area contributed by atoms with Crippen LogP contribution in [0.15, 0.2) is 17.2 Å². The molecule has 1 rings (SSSR count). The zero-order valence-electron chi connectivity index (χ0n) is 8.61. The summed E-state index contributed by atoms with van der Waals surface area (Å²) < 4.78 is 1.71. The van der Waals surface area contributed by atoms with Crippen LogP contribution < -0.4 is 5.56 Å². The lowest BCUT2D eigenvalue weighted by Crippen LogP contribution is -2.26. The van der Waals surface area contributed by atoms with Gasteiger partial charge in [-0.15, -0.1) is 0 Å². The van der Waals surface area contributed by atoms with Crippen LogP contribution >= 0.6 is 0 Å². The lowest BCUT2D eigenvalue weighted by molar-refractivity contribution is 0.561. The molecule has 0 N–H and O–H groups in total. The van der Waals surface area contributed by atoms with E-state index in [9.17, 15) is 4.79 Å². The first-order valence-electron chi connectivity index (χ1n) is 4.61. The summed E-state index contributed by atoms with van der Waals surface area (Å²) in [6.45, 7) is 7.94. The summed E-state index contributed by atoms with van der Waals surface area (Å²) in [5.41, 5.74) is 0.684. The van der Waals surface area contributed by atoms with E-state index >= 15 is 0 Å². The van der Waals surface area contributed by atoms with Gasteiger partial charge in [-0.25, -0.2) is 0 Å². The van der Waals surface area contributed by atoms with Gasteiger partial charge in [-0.05, 0) is 13.8 Å². The van der Waals surface area contributed by atoms with E-state index in [2.05, 4.69) is 4.98 Å². The summed E-state index contributed by atoms with van der Waals surface area (Å²) in [5.74, 6) is 0.193. The normalized spacial score (nSPS) is 11.2. The third-order valence-corrected chi connectivity index (χ3v) is 2.00. The predicted octanol–water partition coefficient (Wildman–Crippen LogP) is 1.95. The van der Waals surface area contributed by atoms with Gasteiger partial charge in [0, 0.05) is 24.4 Å². The molecule has 1 aromatic rings. The Hall–Kier alpha value is -1.12. The quantitative estimate of drug-likeness (QED) is 0.697. The van der Waals surface area contributed by atoms with Gasteiger partial charge in [-0.3, -0.25) is 9.78 Å². The van der Waals surface area contributed by atoms with Crippen molar-refractivity contribution in [2.45, 2.75) is 39.7 Å². The van der Waals surface area contributed by atoms with Crippen molar-refractivity contribution in [3.8, 4) is 0 Å². The van der Waals surface area contributed by atoms with E-state index in [1.807, 2.05) is 27.7 Å². The van der Waals surface area contributed by atoms with Crippen LogP contribution in [0.2, 0.25) is 0 Å². The second kappa shape index (κ2) is 3.73. The maximum Gasteiger partial charge on any atom is 0.272 e. The van der Waals surface area contributed by atoms with Crippen molar-refractivity contribution in [1.29, 1.82) is 0 Å². The Balaban J connectivity index is 3.27. The zero-order valence-corrected chi connectivity index (χ0v) is 8.61. The van der Waals surface area contributed by atoms with Gasteiger partial charge in [-0.2, -0.15) is 0 Å². The Labute approximate surface area is 78.4 Å². The molecule has 3 nitrogen and oxygen atoms in total. The summed E-state index contributed by atoms with van der Waals surface area (Å²) in [5, 5.41) is 0. The van der Waals surface area contributed by atoms with E-state index in [1.54, 1.807) is 17.0 Å². The second-order valence-electron chi connectivity index (χ2n) is 3.77. The highest BCUT2D eigenvalue weighted by Crippen LogP contribution is 2.06. The molecular formula is C10H16N2O. The van der Waals surface area contributed by atoms with Crippen molar-refractivity contribution < 1.29 is 0 Å².